The SMILES string of the molecule is CCc1ccc(/C=N\NC(=O)c2ccc(COc3ccc4ccccc4c3)cc2)cc1. The second kappa shape index (κ2) is 9.72. The Morgan fingerprint density at radius 3 is 2.32 bits per heavy atom. The van der Waals surface area contributed by atoms with Gasteiger partial charge in [-0.05, 0) is 58.1 Å². The van der Waals surface area contributed by atoms with Crippen molar-refractivity contribution in [2.75, 3.05) is 0 Å². The summed E-state index contributed by atoms with van der Waals surface area (Å²) in [6, 6.07) is 29.7. The van der Waals surface area contributed by atoms with Gasteiger partial charge in [0.2, 0.25) is 0 Å². The summed E-state index contributed by atoms with van der Waals surface area (Å²) < 4.78 is 5.91. The van der Waals surface area contributed by atoms with Crippen LogP contribution in [0.5, 0.6) is 5.75 Å². The van der Waals surface area contributed by atoms with Gasteiger partial charge >= 0.3 is 0 Å². The monoisotopic (exact) mass is 408 g/mol. The number of carbonyl (C=O) groups excluding carboxylic acids is 1. The van der Waals surface area contributed by atoms with Crippen LogP contribution >= 0.6 is 0 Å². The van der Waals surface area contributed by atoms with E-state index in [9.17, 15) is 4.79 Å². The van der Waals surface area contributed by atoms with Crippen molar-refractivity contribution in [3.8, 4) is 5.75 Å². The second-order valence-electron chi connectivity index (χ2n) is 7.29. The molecule has 0 aliphatic carbocycles. The quantitative estimate of drug-likeness (QED) is 0.313. The van der Waals surface area contributed by atoms with Crippen LogP contribution in [0.25, 0.3) is 10.8 Å². The fourth-order valence-electron chi connectivity index (χ4n) is 3.25. The molecule has 31 heavy (non-hydrogen) atoms. The molecule has 4 nitrogen and oxygen atoms in total. The van der Waals surface area contributed by atoms with Gasteiger partial charge in [-0.25, -0.2) is 5.43 Å². The number of fused-ring (bicyclic) bond motifs is 1. The molecule has 0 saturated carbocycles. The highest BCUT2D eigenvalue weighted by atomic mass is 16.5. The van der Waals surface area contributed by atoms with E-state index in [0.29, 0.717) is 12.2 Å². The van der Waals surface area contributed by atoms with Gasteiger partial charge in [-0.1, -0.05) is 73.7 Å². The first-order valence-electron chi connectivity index (χ1n) is 10.3. The van der Waals surface area contributed by atoms with Crippen molar-refractivity contribution in [2.45, 2.75) is 20.0 Å². The molecule has 0 aliphatic heterocycles. The molecule has 0 aromatic heterocycles. The highest BCUT2D eigenvalue weighted by Crippen LogP contribution is 2.21. The van der Waals surface area contributed by atoms with Crippen LogP contribution in [-0.4, -0.2) is 12.1 Å². The smallest absolute Gasteiger partial charge is 0.271 e. The molecule has 4 aromatic rings. The van der Waals surface area contributed by atoms with Crippen LogP contribution in [0.2, 0.25) is 0 Å². The molecule has 1 N–H and O–H groups in total. The maximum absolute atomic E-state index is 12.3. The number of hydrazone groups is 1. The molecule has 0 bridgehead atoms. The minimum atomic E-state index is -0.247. The lowest BCUT2D eigenvalue weighted by Gasteiger charge is -2.08. The van der Waals surface area contributed by atoms with Gasteiger partial charge < -0.3 is 4.74 Å². The maximum Gasteiger partial charge on any atom is 0.271 e. The zero-order valence-corrected chi connectivity index (χ0v) is 17.4. The van der Waals surface area contributed by atoms with Crippen molar-refractivity contribution < 1.29 is 9.53 Å². The molecule has 0 aliphatic rings. The largest absolute Gasteiger partial charge is 0.489 e. The number of hydrogen-bond acceptors (Lipinski definition) is 3. The first-order chi connectivity index (χ1) is 15.2. The summed E-state index contributed by atoms with van der Waals surface area (Å²) >= 11 is 0. The van der Waals surface area contributed by atoms with Crippen LogP contribution in [0.3, 0.4) is 0 Å². The Bertz CT molecular complexity index is 1200. The molecule has 0 unspecified atom stereocenters. The summed E-state index contributed by atoms with van der Waals surface area (Å²) in [5.74, 6) is 0.574. The van der Waals surface area contributed by atoms with Gasteiger partial charge in [0, 0.05) is 5.56 Å². The number of nitrogens with one attached hydrogen (secondary N) is 1. The Morgan fingerprint density at radius 2 is 1.58 bits per heavy atom. The average molecular weight is 409 g/mol. The Hall–Kier alpha value is -3.92. The number of benzene rings is 4. The van der Waals surface area contributed by atoms with E-state index in [1.165, 1.54) is 10.9 Å². The van der Waals surface area contributed by atoms with Gasteiger partial charge in [0.05, 0.1) is 6.21 Å². The number of rotatable bonds is 7. The minimum Gasteiger partial charge on any atom is -0.489 e. The number of nitrogens with zero attached hydrogens (tertiary/aromatic N) is 1. The number of aryl methyl sites for hydroxylation is 1. The van der Waals surface area contributed by atoms with Crippen LogP contribution in [0.4, 0.5) is 0 Å². The summed E-state index contributed by atoms with van der Waals surface area (Å²) in [6.07, 6.45) is 2.64. The summed E-state index contributed by atoms with van der Waals surface area (Å²) in [6.45, 7) is 2.55. The predicted octanol–water partition coefficient (Wildman–Crippen LogP) is 5.75. The molecular formula is C27H24N2O2. The Kier molecular flexibility index (Phi) is 6.38. The van der Waals surface area contributed by atoms with E-state index in [1.54, 1.807) is 18.3 Å². The summed E-state index contributed by atoms with van der Waals surface area (Å²) in [5, 5.41) is 6.38. The molecule has 0 heterocycles. The number of carbonyl (C=O) groups is 1. The van der Waals surface area contributed by atoms with Crippen molar-refractivity contribution in [2.24, 2.45) is 5.10 Å². The van der Waals surface area contributed by atoms with Gasteiger partial charge in [-0.2, -0.15) is 5.10 Å². The third-order valence-corrected chi connectivity index (χ3v) is 5.11. The highest BCUT2D eigenvalue weighted by Gasteiger charge is 2.05. The Balaban J connectivity index is 1.31. The van der Waals surface area contributed by atoms with Gasteiger partial charge in [0.25, 0.3) is 5.91 Å². The van der Waals surface area contributed by atoms with Crippen LogP contribution in [0.15, 0.2) is 96.1 Å². The van der Waals surface area contributed by atoms with Crippen molar-refractivity contribution in [3.63, 3.8) is 0 Å². The minimum absolute atomic E-state index is 0.247. The summed E-state index contributed by atoms with van der Waals surface area (Å²) in [4.78, 5) is 12.3. The van der Waals surface area contributed by atoms with Crippen molar-refractivity contribution in [3.05, 3.63) is 113 Å². The lowest BCUT2D eigenvalue weighted by molar-refractivity contribution is 0.0955. The topological polar surface area (TPSA) is 50.7 Å². The van der Waals surface area contributed by atoms with E-state index >= 15 is 0 Å². The van der Waals surface area contributed by atoms with Gasteiger partial charge in [0.15, 0.2) is 0 Å². The molecule has 0 radical (unpaired) electrons. The summed E-state index contributed by atoms with van der Waals surface area (Å²) in [7, 11) is 0. The van der Waals surface area contributed by atoms with Gasteiger partial charge in [0.1, 0.15) is 12.4 Å². The highest BCUT2D eigenvalue weighted by molar-refractivity contribution is 5.94. The molecular weight excluding hydrogens is 384 g/mol. The molecule has 4 aromatic carbocycles. The lowest BCUT2D eigenvalue weighted by Crippen LogP contribution is -2.17. The number of hydrogen-bond donors (Lipinski definition) is 1. The van der Waals surface area contributed by atoms with Crippen molar-refractivity contribution >= 4 is 22.9 Å². The zero-order chi connectivity index (χ0) is 21.5. The molecule has 4 rings (SSSR count). The molecule has 0 fully saturated rings. The van der Waals surface area contributed by atoms with E-state index < -0.39 is 0 Å². The van der Waals surface area contributed by atoms with Gasteiger partial charge in [-0.15, -0.1) is 0 Å². The van der Waals surface area contributed by atoms with Crippen molar-refractivity contribution in [1.82, 2.24) is 5.43 Å². The molecule has 0 atom stereocenters. The normalized spacial score (nSPS) is 11.0. The third-order valence-electron chi connectivity index (χ3n) is 5.11. The third kappa shape index (κ3) is 5.37. The van der Waals surface area contributed by atoms with Crippen LogP contribution < -0.4 is 10.2 Å². The number of ether oxygens (including phenoxy) is 1. The van der Waals surface area contributed by atoms with Crippen LogP contribution in [0.1, 0.15) is 34.0 Å². The first kappa shape index (κ1) is 20.4. The van der Waals surface area contributed by atoms with E-state index in [0.717, 1.165) is 28.7 Å². The fourth-order valence-corrected chi connectivity index (χ4v) is 3.25. The van der Waals surface area contributed by atoms with E-state index in [-0.39, 0.29) is 5.91 Å². The molecule has 1 amide bonds. The Morgan fingerprint density at radius 1 is 0.871 bits per heavy atom. The van der Waals surface area contributed by atoms with E-state index in [4.69, 9.17) is 4.74 Å². The zero-order valence-electron chi connectivity index (χ0n) is 17.4. The molecule has 4 heteroatoms. The molecule has 0 saturated heterocycles. The van der Waals surface area contributed by atoms with E-state index in [1.807, 2.05) is 48.5 Å². The predicted molar refractivity (Wildman–Crippen MR) is 126 cm³/mol. The first-order valence-corrected chi connectivity index (χ1v) is 10.3. The molecule has 154 valence electrons. The second-order valence-corrected chi connectivity index (χ2v) is 7.29. The van der Waals surface area contributed by atoms with Crippen molar-refractivity contribution in [1.29, 1.82) is 0 Å². The fraction of sp³-hybridized carbons (Fsp3) is 0.111. The van der Waals surface area contributed by atoms with E-state index in [2.05, 4.69) is 47.8 Å². The standard InChI is InChI=1S/C27H24N2O2/c1-2-20-7-9-21(10-8-20)18-28-29-27(30)24-13-11-22(12-14-24)19-31-26-16-15-23-5-3-4-6-25(23)17-26/h3-18H,2,19H2,1H3,(H,29,30)/b28-18-. The average Bonchev–Trinajstić information content (AvgIpc) is 2.83. The maximum atomic E-state index is 12.3. The van der Waals surface area contributed by atoms with Crippen LogP contribution in [-0.2, 0) is 13.0 Å². The number of amides is 1. The molecule has 0 spiro atoms. The Labute approximate surface area is 182 Å². The van der Waals surface area contributed by atoms with Gasteiger partial charge in [-0.3, -0.25) is 4.79 Å². The van der Waals surface area contributed by atoms with Crippen LogP contribution in [0, 0.1) is 0 Å². The summed E-state index contributed by atoms with van der Waals surface area (Å²) in [5.41, 5.74) is 6.32. The lowest BCUT2D eigenvalue weighted by atomic mass is 10.1.